The van der Waals surface area contributed by atoms with Gasteiger partial charge in [0, 0.05) is 45.0 Å². The third kappa shape index (κ3) is 4.82. The van der Waals surface area contributed by atoms with Crippen LogP contribution in [0.25, 0.3) is 0 Å². The summed E-state index contributed by atoms with van der Waals surface area (Å²) in [5.74, 6) is -0.521. The molecule has 10 heteroatoms. The summed E-state index contributed by atoms with van der Waals surface area (Å²) in [6, 6.07) is 17.3. The maximum atomic E-state index is 7.84. The molecule has 0 aliphatic heterocycles. The molecule has 162 valence electrons. The SMILES string of the molecule is N=C(N)c1ccc(Nc2cccc(Nc3ccc(C(=N)N)cc3C(=N)N)c2)c(C(=N)N)c1. The first kappa shape index (κ1) is 21.8. The molecule has 0 aromatic heterocycles. The summed E-state index contributed by atoms with van der Waals surface area (Å²) in [7, 11) is 0. The molecule has 3 aromatic rings. The quantitative estimate of drug-likeness (QED) is 0.191. The molecule has 0 atom stereocenters. The molecule has 32 heavy (non-hydrogen) atoms. The molecule has 0 aliphatic rings. The molecule has 0 fully saturated rings. The second-order valence-corrected chi connectivity index (χ2v) is 7.01. The summed E-state index contributed by atoms with van der Waals surface area (Å²) in [4.78, 5) is 0. The van der Waals surface area contributed by atoms with E-state index in [9.17, 15) is 0 Å². The molecule has 10 nitrogen and oxygen atoms in total. The zero-order valence-electron chi connectivity index (χ0n) is 17.1. The average Bonchev–Trinajstić information content (AvgIpc) is 2.74. The molecule has 0 amide bonds. The van der Waals surface area contributed by atoms with Gasteiger partial charge >= 0.3 is 0 Å². The Labute approximate surface area is 184 Å². The van der Waals surface area contributed by atoms with Crippen LogP contribution >= 0.6 is 0 Å². The number of nitrogen functional groups attached to an aromatic ring is 4. The first-order chi connectivity index (χ1) is 15.2. The van der Waals surface area contributed by atoms with Gasteiger partial charge in [-0.25, -0.2) is 0 Å². The van der Waals surface area contributed by atoms with Crippen molar-refractivity contribution >= 4 is 46.1 Å². The third-order valence-corrected chi connectivity index (χ3v) is 4.66. The van der Waals surface area contributed by atoms with Crippen LogP contribution in [0.2, 0.25) is 0 Å². The van der Waals surface area contributed by atoms with Gasteiger partial charge in [-0.2, -0.15) is 0 Å². The molecule has 14 N–H and O–H groups in total. The van der Waals surface area contributed by atoms with E-state index < -0.39 is 0 Å². The fourth-order valence-corrected chi connectivity index (χ4v) is 3.07. The highest BCUT2D eigenvalue weighted by Crippen LogP contribution is 2.27. The first-order valence-corrected chi connectivity index (χ1v) is 9.45. The maximum Gasteiger partial charge on any atom is 0.124 e. The van der Waals surface area contributed by atoms with Crippen molar-refractivity contribution in [3.8, 4) is 0 Å². The zero-order chi connectivity index (χ0) is 23.4. The van der Waals surface area contributed by atoms with Crippen LogP contribution in [0.15, 0.2) is 60.7 Å². The monoisotopic (exact) mass is 428 g/mol. The van der Waals surface area contributed by atoms with Crippen molar-refractivity contribution in [1.29, 1.82) is 21.6 Å². The standard InChI is InChI=1S/C22H24N10/c23-19(24)11-4-6-17(15(8-11)21(27)28)31-13-2-1-3-14(10-13)32-18-7-5-12(20(25)26)9-16(18)22(29)30/h1-10,31-32H,(H3,23,24)(H3,25,26)(H3,27,28)(H3,29,30). The number of rotatable bonds is 8. The van der Waals surface area contributed by atoms with Crippen LogP contribution in [-0.2, 0) is 0 Å². The number of nitrogens with two attached hydrogens (primary N) is 4. The second kappa shape index (κ2) is 8.88. The van der Waals surface area contributed by atoms with Gasteiger partial charge in [-0.3, -0.25) is 21.6 Å². The normalized spacial score (nSPS) is 10.2. The number of anilines is 4. The molecule has 0 heterocycles. The Kier molecular flexibility index (Phi) is 6.06. The summed E-state index contributed by atoms with van der Waals surface area (Å²) in [6.07, 6.45) is 0. The van der Waals surface area contributed by atoms with Crippen molar-refractivity contribution in [3.63, 3.8) is 0 Å². The summed E-state index contributed by atoms with van der Waals surface area (Å²) >= 11 is 0. The highest BCUT2D eigenvalue weighted by molar-refractivity contribution is 6.05. The first-order valence-electron chi connectivity index (χ1n) is 9.45. The summed E-state index contributed by atoms with van der Waals surface area (Å²) in [5, 5.41) is 37.3. The van der Waals surface area contributed by atoms with Gasteiger partial charge in [0.05, 0.1) is 0 Å². The Balaban J connectivity index is 1.91. The maximum absolute atomic E-state index is 7.84. The lowest BCUT2D eigenvalue weighted by atomic mass is 10.1. The summed E-state index contributed by atoms with van der Waals surface area (Å²) in [6.45, 7) is 0. The number of nitrogens with one attached hydrogen (secondary N) is 6. The van der Waals surface area contributed by atoms with Crippen LogP contribution in [0.1, 0.15) is 22.3 Å². The van der Waals surface area contributed by atoms with Crippen LogP contribution in [0.3, 0.4) is 0 Å². The van der Waals surface area contributed by atoms with E-state index in [0.717, 1.165) is 11.4 Å². The molecule has 3 aromatic carbocycles. The van der Waals surface area contributed by atoms with Crippen LogP contribution < -0.4 is 33.6 Å². The molecular weight excluding hydrogens is 404 g/mol. The third-order valence-electron chi connectivity index (χ3n) is 4.66. The largest absolute Gasteiger partial charge is 0.384 e. The van der Waals surface area contributed by atoms with Crippen molar-refractivity contribution < 1.29 is 0 Å². The highest BCUT2D eigenvalue weighted by atomic mass is 14.9. The lowest BCUT2D eigenvalue weighted by Crippen LogP contribution is -2.17. The van der Waals surface area contributed by atoms with E-state index in [0.29, 0.717) is 33.6 Å². The van der Waals surface area contributed by atoms with Gasteiger partial charge in [0.1, 0.15) is 23.3 Å². The van der Waals surface area contributed by atoms with E-state index in [1.54, 1.807) is 36.4 Å². The molecule has 0 saturated carbocycles. The van der Waals surface area contributed by atoms with Gasteiger partial charge in [-0.05, 0) is 54.6 Å². The lowest BCUT2D eigenvalue weighted by Gasteiger charge is -2.15. The van der Waals surface area contributed by atoms with Crippen molar-refractivity contribution in [2.24, 2.45) is 22.9 Å². The number of amidine groups is 4. The zero-order valence-corrected chi connectivity index (χ0v) is 17.1. The minimum absolute atomic E-state index is 0.109. The van der Waals surface area contributed by atoms with Gasteiger partial charge in [0.2, 0.25) is 0 Å². The van der Waals surface area contributed by atoms with Crippen molar-refractivity contribution in [2.45, 2.75) is 0 Å². The number of benzene rings is 3. The smallest absolute Gasteiger partial charge is 0.124 e. The van der Waals surface area contributed by atoms with E-state index in [2.05, 4.69) is 10.6 Å². The van der Waals surface area contributed by atoms with Gasteiger partial charge in [-0.15, -0.1) is 0 Å². The predicted octanol–water partition coefficient (Wildman–Crippen LogP) is 2.31. The van der Waals surface area contributed by atoms with Crippen LogP contribution in [0.4, 0.5) is 22.7 Å². The summed E-state index contributed by atoms with van der Waals surface area (Å²) < 4.78 is 0. The van der Waals surface area contributed by atoms with Crippen LogP contribution in [-0.4, -0.2) is 23.3 Å². The van der Waals surface area contributed by atoms with Crippen molar-refractivity contribution in [1.82, 2.24) is 0 Å². The fraction of sp³-hybridized carbons (Fsp3) is 0. The average molecular weight is 429 g/mol. The highest BCUT2D eigenvalue weighted by Gasteiger charge is 2.11. The molecule has 0 saturated heterocycles. The van der Waals surface area contributed by atoms with Gasteiger partial charge in [-0.1, -0.05) is 6.07 Å². The molecule has 0 unspecified atom stereocenters. The topological polar surface area (TPSA) is 224 Å². The van der Waals surface area contributed by atoms with Crippen molar-refractivity contribution in [2.75, 3.05) is 10.6 Å². The summed E-state index contributed by atoms with van der Waals surface area (Å²) in [5.41, 5.74) is 26.9. The molecule has 0 radical (unpaired) electrons. The van der Waals surface area contributed by atoms with Gasteiger partial charge in [0.25, 0.3) is 0 Å². The minimum Gasteiger partial charge on any atom is -0.384 e. The second-order valence-electron chi connectivity index (χ2n) is 7.01. The Bertz CT molecular complexity index is 1150. The number of hydrogen-bond donors (Lipinski definition) is 10. The van der Waals surface area contributed by atoms with Crippen molar-refractivity contribution in [3.05, 3.63) is 82.9 Å². The molecule has 0 aliphatic carbocycles. The fourth-order valence-electron chi connectivity index (χ4n) is 3.07. The van der Waals surface area contributed by atoms with Crippen LogP contribution in [0, 0.1) is 21.6 Å². The molecule has 0 spiro atoms. The Morgan fingerprint density at radius 1 is 0.531 bits per heavy atom. The molecule has 0 bridgehead atoms. The van der Waals surface area contributed by atoms with E-state index in [-0.39, 0.29) is 23.3 Å². The van der Waals surface area contributed by atoms with E-state index >= 15 is 0 Å². The molecule has 3 rings (SSSR count). The molecular formula is C22H24N10. The predicted molar refractivity (Wildman–Crippen MR) is 130 cm³/mol. The Hall–Kier alpha value is -4.86. The van der Waals surface area contributed by atoms with E-state index in [1.165, 1.54) is 0 Å². The Morgan fingerprint density at radius 2 is 0.938 bits per heavy atom. The van der Waals surface area contributed by atoms with Gasteiger partial charge < -0.3 is 33.6 Å². The van der Waals surface area contributed by atoms with E-state index in [4.69, 9.17) is 44.6 Å². The lowest BCUT2D eigenvalue weighted by molar-refractivity contribution is 1.38. The minimum atomic E-state index is -0.151. The number of hydrogen-bond acceptors (Lipinski definition) is 6. The van der Waals surface area contributed by atoms with Crippen LogP contribution in [0.5, 0.6) is 0 Å². The van der Waals surface area contributed by atoms with E-state index in [1.807, 2.05) is 24.3 Å². The Morgan fingerprint density at radius 3 is 1.28 bits per heavy atom. The van der Waals surface area contributed by atoms with Gasteiger partial charge in [0.15, 0.2) is 0 Å².